The molecule has 0 N–H and O–H groups in total. The van der Waals surface area contributed by atoms with Crippen molar-refractivity contribution >= 4 is 21.5 Å². The van der Waals surface area contributed by atoms with Crippen molar-refractivity contribution in [3.05, 3.63) is 171 Å². The Balaban J connectivity index is 0.000000198. The van der Waals surface area contributed by atoms with Crippen LogP contribution in [0.3, 0.4) is 0 Å². The maximum absolute atomic E-state index is 6.60. The van der Waals surface area contributed by atoms with Gasteiger partial charge in [0, 0.05) is 0 Å². The van der Waals surface area contributed by atoms with Crippen molar-refractivity contribution in [2.45, 2.75) is 177 Å². The van der Waals surface area contributed by atoms with Crippen molar-refractivity contribution in [1.82, 2.24) is 0 Å². The van der Waals surface area contributed by atoms with E-state index in [1.165, 1.54) is 177 Å². The maximum atomic E-state index is 6.60. The molecule has 2 atom stereocenters. The van der Waals surface area contributed by atoms with Gasteiger partial charge >= 0.3 is 0 Å². The number of ether oxygens (including phenoxy) is 2. The van der Waals surface area contributed by atoms with E-state index in [9.17, 15) is 0 Å². The first-order chi connectivity index (χ1) is 34.9. The second kappa shape index (κ2) is 24.0. The van der Waals surface area contributed by atoms with Gasteiger partial charge in [-0.3, -0.25) is 0 Å². The summed E-state index contributed by atoms with van der Waals surface area (Å²) in [7, 11) is 0. The molecule has 0 saturated heterocycles. The minimum atomic E-state index is -0.386. The number of benzene rings is 7. The Kier molecular flexibility index (Phi) is 17.6. The highest BCUT2D eigenvalue weighted by molar-refractivity contribution is 6.11. The van der Waals surface area contributed by atoms with Crippen LogP contribution in [0.1, 0.15) is 186 Å². The Morgan fingerprint density at radius 3 is 1.22 bits per heavy atom. The molecular weight excluding hydrogens is 873 g/mol. The van der Waals surface area contributed by atoms with E-state index in [1.54, 1.807) is 11.1 Å². The highest BCUT2D eigenvalue weighted by atomic mass is 16.5. The van der Waals surface area contributed by atoms with E-state index in [-0.39, 0.29) is 5.41 Å². The molecule has 0 aliphatic heterocycles. The van der Waals surface area contributed by atoms with Gasteiger partial charge in [-0.1, -0.05) is 211 Å². The van der Waals surface area contributed by atoms with Crippen LogP contribution < -0.4 is 9.47 Å². The summed E-state index contributed by atoms with van der Waals surface area (Å²) in [6.45, 7) is 27.7. The van der Waals surface area contributed by atoms with E-state index in [2.05, 4.69) is 179 Å². The molecular formula is C70H87O2+. The Morgan fingerprint density at radius 1 is 0.403 bits per heavy atom. The summed E-state index contributed by atoms with van der Waals surface area (Å²) in [6, 6.07) is 39.8. The molecule has 7 aromatic carbocycles. The van der Waals surface area contributed by atoms with Gasteiger partial charge in [0.1, 0.15) is 0 Å². The van der Waals surface area contributed by atoms with Gasteiger partial charge in [-0.05, 0) is 174 Å². The van der Waals surface area contributed by atoms with Gasteiger partial charge in [0.25, 0.3) is 0 Å². The maximum Gasteiger partial charge on any atom is 0.161 e. The summed E-state index contributed by atoms with van der Waals surface area (Å²) in [6.07, 6.45) is 20.5. The number of hydrogen-bond acceptors (Lipinski definition) is 2. The highest BCUT2D eigenvalue weighted by Gasteiger charge is 2.52. The van der Waals surface area contributed by atoms with Crippen LogP contribution in [0.4, 0.5) is 0 Å². The van der Waals surface area contributed by atoms with Crippen molar-refractivity contribution in [2.75, 3.05) is 13.2 Å². The molecule has 0 amide bonds. The monoisotopic (exact) mass is 960 g/mol. The smallest absolute Gasteiger partial charge is 0.161 e. The molecule has 72 heavy (non-hydrogen) atoms. The van der Waals surface area contributed by atoms with Crippen LogP contribution in [-0.2, 0) is 18.3 Å². The molecule has 2 unspecified atom stereocenters. The van der Waals surface area contributed by atoms with Crippen LogP contribution >= 0.6 is 0 Å². The highest BCUT2D eigenvalue weighted by Crippen LogP contribution is 2.64. The third-order valence-electron chi connectivity index (χ3n) is 16.4. The second-order valence-corrected chi connectivity index (χ2v) is 22.3. The Hall–Kier alpha value is -5.47. The van der Waals surface area contributed by atoms with Crippen LogP contribution in [0.25, 0.3) is 43.8 Å². The molecule has 2 nitrogen and oxygen atoms in total. The molecule has 7 aromatic rings. The molecule has 0 aromatic heterocycles. The first-order valence-electron chi connectivity index (χ1n) is 28.4. The van der Waals surface area contributed by atoms with E-state index in [1.807, 2.05) is 0 Å². The van der Waals surface area contributed by atoms with Crippen molar-refractivity contribution in [3.8, 4) is 33.8 Å². The van der Waals surface area contributed by atoms with Crippen LogP contribution in [0.2, 0.25) is 0 Å². The Labute approximate surface area is 436 Å². The molecule has 9 rings (SSSR count). The van der Waals surface area contributed by atoms with Crippen molar-refractivity contribution < 1.29 is 9.47 Å². The fourth-order valence-electron chi connectivity index (χ4n) is 11.8. The van der Waals surface area contributed by atoms with E-state index in [0.717, 1.165) is 30.8 Å². The lowest BCUT2D eigenvalue weighted by Crippen LogP contribution is -2.26. The van der Waals surface area contributed by atoms with E-state index >= 15 is 0 Å². The van der Waals surface area contributed by atoms with Crippen molar-refractivity contribution in [2.24, 2.45) is 11.8 Å². The molecule has 2 aliphatic carbocycles. The number of fused-ring (bicyclic) bond motifs is 13. The van der Waals surface area contributed by atoms with Gasteiger partial charge in [0.05, 0.1) is 32.0 Å². The largest absolute Gasteiger partial charge is 0.489 e. The van der Waals surface area contributed by atoms with Gasteiger partial charge in [-0.25, -0.2) is 0 Å². The van der Waals surface area contributed by atoms with Gasteiger partial charge in [0.15, 0.2) is 11.5 Å². The normalized spacial score (nSPS) is 13.6. The standard InChI is InChI=1S/C38H42O2.C32H45/c1-8-23(3)21-39-36-19-31-30-15-12-27(7)18-34(30)38(35(31)20-37(36)40-22-24(4)9-2)32-16-25(5)10-13-28(32)29-14-11-26(6)17-33(29)38;1-5-7-9-11-13-15-17-27-28(18-16-14-12-10-8-6-2)32-24-26(4)20-22-30(32)29-21-19-25(3)23-31(27)29/h10-20,23-24H,8-9,21-22H2,1-7H3;19-24H,1,5-18H2,2-4H3/q;+1. The zero-order valence-corrected chi connectivity index (χ0v) is 46.2. The fourth-order valence-corrected chi connectivity index (χ4v) is 11.8. The van der Waals surface area contributed by atoms with Crippen molar-refractivity contribution in [1.29, 1.82) is 0 Å². The fraction of sp³-hybridized carbons (Fsp3) is 0.443. The Bertz CT molecular complexity index is 2830. The molecule has 0 saturated carbocycles. The molecule has 0 bridgehead atoms. The van der Waals surface area contributed by atoms with E-state index < -0.39 is 0 Å². The molecule has 0 radical (unpaired) electrons. The first-order valence-corrected chi connectivity index (χ1v) is 28.4. The molecule has 0 fully saturated rings. The van der Waals surface area contributed by atoms with E-state index in [4.69, 9.17) is 9.47 Å². The molecule has 378 valence electrons. The third-order valence-corrected chi connectivity index (χ3v) is 16.4. The van der Waals surface area contributed by atoms with Gasteiger partial charge in [0.2, 0.25) is 0 Å². The topological polar surface area (TPSA) is 18.5 Å². The summed E-state index contributed by atoms with van der Waals surface area (Å²) in [4.78, 5) is 0. The number of aryl methyl sites for hydroxylation is 7. The molecule has 2 aliphatic rings. The van der Waals surface area contributed by atoms with E-state index in [0.29, 0.717) is 25.0 Å². The summed E-state index contributed by atoms with van der Waals surface area (Å²) < 4.78 is 13.1. The van der Waals surface area contributed by atoms with Crippen LogP contribution in [0, 0.1) is 53.4 Å². The zero-order chi connectivity index (χ0) is 50.9. The summed E-state index contributed by atoms with van der Waals surface area (Å²) in [5.74, 6) is 2.68. The number of unbranched alkanes of at least 4 members (excludes halogenated alkanes) is 10. The lowest BCUT2D eigenvalue weighted by molar-refractivity contribution is 0.217. The number of hydrogen-bond donors (Lipinski definition) is 0. The first kappa shape index (κ1) is 52.8. The molecule has 2 heteroatoms. The van der Waals surface area contributed by atoms with Crippen molar-refractivity contribution in [3.63, 3.8) is 0 Å². The predicted octanol–water partition coefficient (Wildman–Crippen LogP) is 20.0. The van der Waals surface area contributed by atoms with Gasteiger partial charge < -0.3 is 9.47 Å². The average Bonchev–Trinajstić information content (AvgIpc) is 3.81. The number of rotatable bonds is 22. The lowest BCUT2D eigenvalue weighted by atomic mass is 9.70. The third kappa shape index (κ3) is 11.0. The summed E-state index contributed by atoms with van der Waals surface area (Å²) >= 11 is 0. The Morgan fingerprint density at radius 2 is 0.778 bits per heavy atom. The average molecular weight is 960 g/mol. The molecule has 0 heterocycles. The quantitative estimate of drug-likeness (QED) is 0.0383. The minimum Gasteiger partial charge on any atom is -0.489 e. The predicted molar refractivity (Wildman–Crippen MR) is 312 cm³/mol. The zero-order valence-electron chi connectivity index (χ0n) is 46.2. The van der Waals surface area contributed by atoms with Gasteiger partial charge in [-0.15, -0.1) is 0 Å². The SMILES string of the molecule is CCC(C)COc1cc2c(cc1OCC(C)CC)C1(c3cc(C)ccc3-c3ccc(C)cc31)c1cc(C)ccc1-2.[CH2+]CCCCCCCc1c(CCCCCCCC)c2cc(C)ccc2c2ccc(C)cc12. The van der Waals surface area contributed by atoms with Gasteiger partial charge in [-0.2, -0.15) is 0 Å². The molecule has 1 spiro atoms. The lowest BCUT2D eigenvalue weighted by Gasteiger charge is -2.31. The van der Waals surface area contributed by atoms with Crippen LogP contribution in [0.15, 0.2) is 103 Å². The summed E-state index contributed by atoms with van der Waals surface area (Å²) in [5, 5.41) is 5.93. The second-order valence-electron chi connectivity index (χ2n) is 22.3. The van der Waals surface area contributed by atoms with Crippen LogP contribution in [0.5, 0.6) is 11.5 Å². The minimum absolute atomic E-state index is 0.386. The summed E-state index contributed by atoms with van der Waals surface area (Å²) in [5.41, 5.74) is 20.2. The van der Waals surface area contributed by atoms with Crippen LogP contribution in [-0.4, -0.2) is 13.2 Å².